The van der Waals surface area contributed by atoms with Crippen molar-refractivity contribution in [1.82, 2.24) is 15.0 Å². The second-order valence-electron chi connectivity index (χ2n) is 3.62. The molecule has 0 aliphatic heterocycles. The molecule has 0 N–H and O–H groups in total. The Balaban J connectivity index is 2.27. The third-order valence-corrected chi connectivity index (χ3v) is 2.79. The van der Waals surface area contributed by atoms with Gasteiger partial charge in [0.15, 0.2) is 0 Å². The predicted molar refractivity (Wildman–Crippen MR) is 67.8 cm³/mol. The Labute approximate surface area is 103 Å². The van der Waals surface area contributed by atoms with E-state index in [4.69, 9.17) is 11.6 Å². The summed E-state index contributed by atoms with van der Waals surface area (Å²) in [6.07, 6.45) is 6.85. The molecule has 0 unspecified atom stereocenters. The molecule has 0 aliphatic rings. The number of nitrogens with zero attached hydrogens (tertiary/aromatic N) is 3. The van der Waals surface area contributed by atoms with E-state index in [1.165, 1.54) is 0 Å². The first kappa shape index (κ1) is 10.2. The standard InChI is InChI=1S/C13H8ClN3/c14-10-3-1-9(2-4-10)11-7-15-8-12-13(11)17-6-5-16-12/h1-8H. The summed E-state index contributed by atoms with van der Waals surface area (Å²) >= 11 is 5.87. The topological polar surface area (TPSA) is 38.7 Å². The highest BCUT2D eigenvalue weighted by molar-refractivity contribution is 6.30. The van der Waals surface area contributed by atoms with Gasteiger partial charge in [0.25, 0.3) is 0 Å². The van der Waals surface area contributed by atoms with Gasteiger partial charge >= 0.3 is 0 Å². The van der Waals surface area contributed by atoms with Crippen molar-refractivity contribution in [3.05, 3.63) is 54.1 Å². The predicted octanol–water partition coefficient (Wildman–Crippen LogP) is 3.35. The molecule has 0 amide bonds. The van der Waals surface area contributed by atoms with Crippen molar-refractivity contribution >= 4 is 22.6 Å². The third-order valence-electron chi connectivity index (χ3n) is 2.54. The highest BCUT2D eigenvalue weighted by Crippen LogP contribution is 2.25. The minimum Gasteiger partial charge on any atom is -0.262 e. The van der Waals surface area contributed by atoms with E-state index in [1.807, 2.05) is 24.3 Å². The Bertz CT molecular complexity index is 660. The van der Waals surface area contributed by atoms with Gasteiger partial charge in [-0.05, 0) is 17.7 Å². The van der Waals surface area contributed by atoms with Crippen LogP contribution >= 0.6 is 11.6 Å². The molecular formula is C13H8ClN3. The molecule has 0 atom stereocenters. The summed E-state index contributed by atoms with van der Waals surface area (Å²) < 4.78 is 0. The maximum absolute atomic E-state index is 5.87. The fraction of sp³-hybridized carbons (Fsp3) is 0. The Hall–Kier alpha value is -2.00. The highest BCUT2D eigenvalue weighted by atomic mass is 35.5. The van der Waals surface area contributed by atoms with Crippen LogP contribution in [0.25, 0.3) is 22.2 Å². The maximum Gasteiger partial charge on any atom is 0.108 e. The number of hydrogen-bond acceptors (Lipinski definition) is 3. The molecule has 0 radical (unpaired) electrons. The van der Waals surface area contributed by atoms with Gasteiger partial charge in [0.1, 0.15) is 5.52 Å². The molecule has 0 saturated heterocycles. The zero-order valence-electron chi connectivity index (χ0n) is 8.84. The average molecular weight is 242 g/mol. The number of rotatable bonds is 1. The number of pyridine rings is 1. The fourth-order valence-corrected chi connectivity index (χ4v) is 1.86. The zero-order chi connectivity index (χ0) is 11.7. The first-order valence-corrected chi connectivity index (χ1v) is 5.53. The molecule has 2 aromatic heterocycles. The Morgan fingerprint density at radius 3 is 2.47 bits per heavy atom. The van der Waals surface area contributed by atoms with Crippen LogP contribution in [0.5, 0.6) is 0 Å². The van der Waals surface area contributed by atoms with E-state index in [2.05, 4.69) is 15.0 Å². The first-order valence-electron chi connectivity index (χ1n) is 5.15. The lowest BCUT2D eigenvalue weighted by Gasteiger charge is -2.04. The minimum atomic E-state index is 0.716. The number of halogens is 1. The molecule has 2 heterocycles. The van der Waals surface area contributed by atoms with E-state index in [0.29, 0.717) is 5.02 Å². The van der Waals surface area contributed by atoms with E-state index < -0.39 is 0 Å². The summed E-state index contributed by atoms with van der Waals surface area (Å²) in [4.78, 5) is 12.8. The minimum absolute atomic E-state index is 0.716. The summed E-state index contributed by atoms with van der Waals surface area (Å²) in [6.45, 7) is 0. The van der Waals surface area contributed by atoms with Crippen LogP contribution in [0.15, 0.2) is 49.1 Å². The quantitative estimate of drug-likeness (QED) is 0.656. The van der Waals surface area contributed by atoms with Gasteiger partial charge in [-0.15, -0.1) is 0 Å². The molecule has 0 spiro atoms. The molecule has 3 aromatic rings. The molecule has 3 nitrogen and oxygen atoms in total. The van der Waals surface area contributed by atoms with Crippen molar-refractivity contribution in [2.45, 2.75) is 0 Å². The Kier molecular flexibility index (Phi) is 2.46. The van der Waals surface area contributed by atoms with Crippen molar-refractivity contribution in [3.8, 4) is 11.1 Å². The second-order valence-corrected chi connectivity index (χ2v) is 4.05. The molecule has 0 aliphatic carbocycles. The van der Waals surface area contributed by atoms with Crippen molar-refractivity contribution in [2.24, 2.45) is 0 Å². The number of benzene rings is 1. The van der Waals surface area contributed by atoms with E-state index in [-0.39, 0.29) is 0 Å². The Morgan fingerprint density at radius 1 is 0.882 bits per heavy atom. The van der Waals surface area contributed by atoms with Crippen molar-refractivity contribution in [2.75, 3.05) is 0 Å². The van der Waals surface area contributed by atoms with Crippen LogP contribution in [0.1, 0.15) is 0 Å². The van der Waals surface area contributed by atoms with Crippen molar-refractivity contribution in [1.29, 1.82) is 0 Å². The van der Waals surface area contributed by atoms with Crippen LogP contribution in [0.3, 0.4) is 0 Å². The third kappa shape index (κ3) is 1.85. The van der Waals surface area contributed by atoms with Crippen molar-refractivity contribution < 1.29 is 0 Å². The van der Waals surface area contributed by atoms with Crippen LogP contribution in [-0.4, -0.2) is 15.0 Å². The molecule has 0 bridgehead atoms. The van der Waals surface area contributed by atoms with Gasteiger partial charge < -0.3 is 0 Å². The van der Waals surface area contributed by atoms with Crippen LogP contribution in [0, 0.1) is 0 Å². The van der Waals surface area contributed by atoms with Crippen LogP contribution in [0.2, 0.25) is 5.02 Å². The molecule has 17 heavy (non-hydrogen) atoms. The normalized spacial score (nSPS) is 10.6. The van der Waals surface area contributed by atoms with Gasteiger partial charge in [-0.2, -0.15) is 0 Å². The van der Waals surface area contributed by atoms with Gasteiger partial charge in [-0.25, -0.2) is 0 Å². The van der Waals surface area contributed by atoms with Crippen LogP contribution in [0.4, 0.5) is 0 Å². The van der Waals surface area contributed by atoms with E-state index in [0.717, 1.165) is 22.2 Å². The van der Waals surface area contributed by atoms with Crippen molar-refractivity contribution in [3.63, 3.8) is 0 Å². The zero-order valence-corrected chi connectivity index (χ0v) is 9.59. The highest BCUT2D eigenvalue weighted by Gasteiger charge is 2.05. The van der Waals surface area contributed by atoms with Gasteiger partial charge in [0, 0.05) is 29.2 Å². The molecule has 3 rings (SSSR count). The molecule has 0 saturated carbocycles. The molecule has 1 aromatic carbocycles. The molecule has 82 valence electrons. The van der Waals surface area contributed by atoms with E-state index >= 15 is 0 Å². The molecular weight excluding hydrogens is 234 g/mol. The SMILES string of the molecule is Clc1ccc(-c2cncc3nccnc23)cc1. The monoisotopic (exact) mass is 241 g/mol. The fourth-order valence-electron chi connectivity index (χ4n) is 1.74. The average Bonchev–Trinajstić information content (AvgIpc) is 2.39. The molecule has 0 fully saturated rings. The lowest BCUT2D eigenvalue weighted by atomic mass is 10.1. The van der Waals surface area contributed by atoms with Gasteiger partial charge in [0.2, 0.25) is 0 Å². The van der Waals surface area contributed by atoms with Gasteiger partial charge in [-0.1, -0.05) is 23.7 Å². The largest absolute Gasteiger partial charge is 0.262 e. The summed E-state index contributed by atoms with van der Waals surface area (Å²) in [7, 11) is 0. The summed E-state index contributed by atoms with van der Waals surface area (Å²) in [5.74, 6) is 0. The van der Waals surface area contributed by atoms with Crippen LogP contribution in [-0.2, 0) is 0 Å². The second kappa shape index (κ2) is 4.11. The summed E-state index contributed by atoms with van der Waals surface area (Å²) in [6, 6.07) is 7.61. The number of aromatic nitrogens is 3. The van der Waals surface area contributed by atoms with E-state index in [9.17, 15) is 0 Å². The summed E-state index contributed by atoms with van der Waals surface area (Å²) in [5.41, 5.74) is 3.64. The van der Waals surface area contributed by atoms with E-state index in [1.54, 1.807) is 24.8 Å². The summed E-state index contributed by atoms with van der Waals surface area (Å²) in [5, 5.41) is 0.716. The maximum atomic E-state index is 5.87. The smallest absolute Gasteiger partial charge is 0.108 e. The lowest BCUT2D eigenvalue weighted by molar-refractivity contribution is 1.25. The number of fused-ring (bicyclic) bond motifs is 1. The lowest BCUT2D eigenvalue weighted by Crippen LogP contribution is -1.88. The van der Waals surface area contributed by atoms with Gasteiger partial charge in [0.05, 0.1) is 11.7 Å². The molecule has 4 heteroatoms. The van der Waals surface area contributed by atoms with Crippen LogP contribution < -0.4 is 0 Å². The Morgan fingerprint density at radius 2 is 1.65 bits per heavy atom. The first-order chi connectivity index (χ1) is 8.34. The number of hydrogen-bond donors (Lipinski definition) is 0. The van der Waals surface area contributed by atoms with Gasteiger partial charge in [-0.3, -0.25) is 15.0 Å².